The first-order chi connectivity index (χ1) is 21.9. The molecule has 14 nitrogen and oxygen atoms in total. The summed E-state index contributed by atoms with van der Waals surface area (Å²) in [4.78, 5) is 75.7. The van der Waals surface area contributed by atoms with Crippen LogP contribution in [0.3, 0.4) is 0 Å². The Morgan fingerprint density at radius 3 is 2.11 bits per heavy atom. The van der Waals surface area contributed by atoms with Crippen molar-refractivity contribution in [3.63, 3.8) is 0 Å². The van der Waals surface area contributed by atoms with Gasteiger partial charge in [0.1, 0.15) is 25.2 Å². The molecule has 46 heavy (non-hydrogen) atoms. The minimum absolute atomic E-state index is 0.0596. The minimum Gasteiger partial charge on any atom is -0.445 e. The second-order valence-corrected chi connectivity index (χ2v) is 11.0. The fraction of sp³-hybridized carbons (Fsp3) is 0.438. The number of ketones is 1. The number of benzene rings is 2. The molecule has 0 bridgehead atoms. The summed E-state index contributed by atoms with van der Waals surface area (Å²) in [7, 11) is 1.44. The average molecular weight is 640 g/mol. The summed E-state index contributed by atoms with van der Waals surface area (Å²) < 4.78 is 5.18. The molecule has 0 saturated heterocycles. The highest BCUT2D eigenvalue weighted by atomic mass is 16.6. The minimum atomic E-state index is -0.902. The molecule has 5 amide bonds. The number of ether oxygens (including phenoxy) is 1. The van der Waals surface area contributed by atoms with E-state index in [1.54, 1.807) is 31.2 Å². The topological polar surface area (TPSA) is 201 Å². The Hall–Kier alpha value is -4.98. The number of anilines is 1. The van der Waals surface area contributed by atoms with Crippen LogP contribution in [0.5, 0.6) is 0 Å². The van der Waals surface area contributed by atoms with E-state index in [9.17, 15) is 28.8 Å². The second kappa shape index (κ2) is 19.4. The van der Waals surface area contributed by atoms with Crippen LogP contribution in [0.2, 0.25) is 0 Å². The monoisotopic (exact) mass is 639 g/mol. The first-order valence-electron chi connectivity index (χ1n) is 15.0. The van der Waals surface area contributed by atoms with Gasteiger partial charge < -0.3 is 42.0 Å². The molecule has 14 heteroatoms. The number of rotatable bonds is 18. The molecule has 2 aromatic rings. The normalized spacial score (nSPS) is 11.9. The Morgan fingerprint density at radius 2 is 1.46 bits per heavy atom. The highest BCUT2D eigenvalue weighted by Gasteiger charge is 2.25. The predicted molar refractivity (Wildman–Crippen MR) is 173 cm³/mol. The van der Waals surface area contributed by atoms with Gasteiger partial charge in [0.25, 0.3) is 0 Å². The molecule has 0 saturated carbocycles. The van der Waals surface area contributed by atoms with Crippen LogP contribution in [0.15, 0.2) is 54.6 Å². The Labute approximate surface area is 269 Å². The number of Topliss-reactive ketones (excluding diaryl/α,β-unsaturated/α-hetero) is 1. The number of carbonyl (C=O) groups excluding carboxylic acids is 6. The van der Waals surface area contributed by atoms with Crippen molar-refractivity contribution in [2.75, 3.05) is 45.1 Å². The van der Waals surface area contributed by atoms with Crippen molar-refractivity contribution in [1.29, 1.82) is 0 Å². The lowest BCUT2D eigenvalue weighted by Crippen LogP contribution is -2.52. The SMILES string of the molecule is CC(C)CC(NC(=O)C(C)Nc1ccccc1C(=O)CN)C(=O)NCC(=O)NCCNC(=O)CN(C)C(=O)OCc1ccccc1. The van der Waals surface area contributed by atoms with Gasteiger partial charge in [0.05, 0.1) is 13.1 Å². The molecule has 0 aromatic heterocycles. The van der Waals surface area contributed by atoms with Crippen LogP contribution in [0.4, 0.5) is 10.5 Å². The average Bonchev–Trinajstić information content (AvgIpc) is 3.04. The van der Waals surface area contributed by atoms with Crippen LogP contribution in [0.1, 0.15) is 43.1 Å². The van der Waals surface area contributed by atoms with Gasteiger partial charge >= 0.3 is 6.09 Å². The third-order valence-electron chi connectivity index (χ3n) is 6.61. The van der Waals surface area contributed by atoms with E-state index in [0.717, 1.165) is 10.5 Å². The van der Waals surface area contributed by atoms with Crippen molar-refractivity contribution in [3.05, 3.63) is 65.7 Å². The van der Waals surface area contributed by atoms with Crippen molar-refractivity contribution in [3.8, 4) is 0 Å². The maximum absolute atomic E-state index is 13.0. The van der Waals surface area contributed by atoms with Crippen LogP contribution < -0.4 is 32.3 Å². The molecule has 2 rings (SSSR count). The largest absolute Gasteiger partial charge is 0.445 e. The van der Waals surface area contributed by atoms with Crippen LogP contribution >= 0.6 is 0 Å². The molecule has 0 fully saturated rings. The molecular weight excluding hydrogens is 594 g/mol. The number of hydrogen-bond donors (Lipinski definition) is 6. The van der Waals surface area contributed by atoms with Gasteiger partial charge in [-0.2, -0.15) is 0 Å². The standard InChI is InChI=1S/C32H45N7O7/c1-21(2)16-26(38-30(43)22(3)37-25-13-9-8-12-24(25)27(40)17-33)31(44)36-18-28(41)34-14-15-35-29(42)19-39(4)32(45)46-20-23-10-6-5-7-11-23/h5-13,21-22,26,37H,14-20,33H2,1-4H3,(H,34,41)(H,35,42)(H,36,44)(H,38,43). The van der Waals surface area contributed by atoms with Crippen molar-refractivity contribution in [1.82, 2.24) is 26.2 Å². The Kier molecular flexibility index (Phi) is 15.7. The van der Waals surface area contributed by atoms with E-state index in [0.29, 0.717) is 17.7 Å². The molecule has 0 aliphatic carbocycles. The van der Waals surface area contributed by atoms with Crippen molar-refractivity contribution in [2.45, 2.75) is 45.9 Å². The predicted octanol–water partition coefficient (Wildman–Crippen LogP) is 0.777. The summed E-state index contributed by atoms with van der Waals surface area (Å²) in [6, 6.07) is 14.2. The molecule has 2 aromatic carbocycles. The summed E-state index contributed by atoms with van der Waals surface area (Å²) >= 11 is 0. The number of hydrogen-bond acceptors (Lipinski definition) is 9. The zero-order valence-corrected chi connectivity index (χ0v) is 26.8. The molecule has 0 aliphatic rings. The molecular formula is C32H45N7O7. The number of likely N-dealkylation sites (N-methyl/N-ethyl adjacent to an activating group) is 1. The van der Waals surface area contributed by atoms with E-state index in [4.69, 9.17) is 10.5 Å². The Bertz CT molecular complexity index is 1340. The van der Waals surface area contributed by atoms with Gasteiger partial charge in [0.2, 0.25) is 23.6 Å². The number of nitrogens with two attached hydrogens (primary N) is 1. The smallest absolute Gasteiger partial charge is 0.410 e. The van der Waals surface area contributed by atoms with Gasteiger partial charge in [-0.3, -0.25) is 24.0 Å². The Balaban J connectivity index is 1.74. The molecule has 2 atom stereocenters. The molecule has 0 aliphatic heterocycles. The number of nitrogens with zero attached hydrogens (tertiary/aromatic N) is 1. The lowest BCUT2D eigenvalue weighted by Gasteiger charge is -2.23. The van der Waals surface area contributed by atoms with E-state index in [1.165, 1.54) is 7.05 Å². The van der Waals surface area contributed by atoms with Crippen molar-refractivity contribution in [2.24, 2.45) is 11.7 Å². The highest BCUT2D eigenvalue weighted by Crippen LogP contribution is 2.17. The lowest BCUT2D eigenvalue weighted by atomic mass is 10.0. The molecule has 250 valence electrons. The van der Waals surface area contributed by atoms with Crippen LogP contribution in [0, 0.1) is 5.92 Å². The van der Waals surface area contributed by atoms with Gasteiger partial charge in [-0.1, -0.05) is 56.3 Å². The van der Waals surface area contributed by atoms with Gasteiger partial charge in [-0.25, -0.2) is 4.79 Å². The van der Waals surface area contributed by atoms with Gasteiger partial charge in [0, 0.05) is 31.4 Å². The maximum atomic E-state index is 13.0. The third kappa shape index (κ3) is 13.3. The number of carbonyl (C=O) groups is 6. The third-order valence-corrected chi connectivity index (χ3v) is 6.61. The highest BCUT2D eigenvalue weighted by molar-refractivity contribution is 6.03. The van der Waals surface area contributed by atoms with E-state index in [2.05, 4.69) is 26.6 Å². The number of amides is 5. The van der Waals surface area contributed by atoms with Crippen LogP contribution in [-0.4, -0.2) is 92.3 Å². The zero-order chi connectivity index (χ0) is 34.1. The summed E-state index contributed by atoms with van der Waals surface area (Å²) in [5.74, 6) is -2.14. The lowest BCUT2D eigenvalue weighted by molar-refractivity contribution is -0.130. The quantitative estimate of drug-likeness (QED) is 0.101. The number of nitrogens with one attached hydrogen (secondary N) is 5. The molecule has 2 unspecified atom stereocenters. The summed E-state index contributed by atoms with van der Waals surface area (Å²) in [6.07, 6.45) is -0.320. The molecule has 7 N–H and O–H groups in total. The molecule has 0 heterocycles. The first kappa shape index (κ1) is 37.2. The van der Waals surface area contributed by atoms with Crippen molar-refractivity contribution < 1.29 is 33.5 Å². The van der Waals surface area contributed by atoms with Crippen LogP contribution in [-0.2, 0) is 30.5 Å². The van der Waals surface area contributed by atoms with Crippen molar-refractivity contribution >= 4 is 41.2 Å². The van der Waals surface area contributed by atoms with E-state index in [-0.39, 0.29) is 51.0 Å². The summed E-state index contributed by atoms with van der Waals surface area (Å²) in [6.45, 7) is 4.93. The first-order valence-corrected chi connectivity index (χ1v) is 15.0. The van der Waals surface area contributed by atoms with Gasteiger partial charge in [0.15, 0.2) is 5.78 Å². The summed E-state index contributed by atoms with van der Waals surface area (Å²) in [5.41, 5.74) is 7.12. The summed E-state index contributed by atoms with van der Waals surface area (Å²) in [5, 5.41) is 13.4. The fourth-order valence-electron chi connectivity index (χ4n) is 4.18. The maximum Gasteiger partial charge on any atom is 0.410 e. The van der Waals surface area contributed by atoms with Gasteiger partial charge in [-0.15, -0.1) is 0 Å². The fourth-order valence-corrected chi connectivity index (χ4v) is 4.18. The molecule has 0 radical (unpaired) electrons. The second-order valence-electron chi connectivity index (χ2n) is 11.0. The van der Waals surface area contributed by atoms with E-state index >= 15 is 0 Å². The van der Waals surface area contributed by atoms with Crippen LogP contribution in [0.25, 0.3) is 0 Å². The number of para-hydroxylation sites is 1. The van der Waals surface area contributed by atoms with E-state index < -0.39 is 41.8 Å². The molecule has 0 spiro atoms. The zero-order valence-electron chi connectivity index (χ0n) is 26.8. The van der Waals surface area contributed by atoms with Gasteiger partial charge in [-0.05, 0) is 37.0 Å². The van der Waals surface area contributed by atoms with E-state index in [1.807, 2.05) is 44.2 Å². The Morgan fingerprint density at radius 1 is 0.826 bits per heavy atom.